The van der Waals surface area contributed by atoms with Crippen molar-refractivity contribution in [1.82, 2.24) is 0 Å². The van der Waals surface area contributed by atoms with Crippen LogP contribution < -0.4 is 0 Å². The van der Waals surface area contributed by atoms with Crippen molar-refractivity contribution in [2.75, 3.05) is 11.5 Å². The van der Waals surface area contributed by atoms with Gasteiger partial charge in [0.1, 0.15) is 11.6 Å². The molecule has 0 aliphatic carbocycles. The molecule has 0 saturated heterocycles. The van der Waals surface area contributed by atoms with Gasteiger partial charge in [0, 0.05) is 22.6 Å². The van der Waals surface area contributed by atoms with Crippen LogP contribution in [0.25, 0.3) is 23.3 Å². The Balaban J connectivity index is 1.60. The van der Waals surface area contributed by atoms with E-state index in [0.29, 0.717) is 22.6 Å². The second kappa shape index (κ2) is 11.4. The molecular formula is C30H24F2S. The molecular weight excluding hydrogens is 430 g/mol. The van der Waals surface area contributed by atoms with Crippen LogP contribution in [0.3, 0.4) is 0 Å². The van der Waals surface area contributed by atoms with Gasteiger partial charge in [0.05, 0.1) is 0 Å². The van der Waals surface area contributed by atoms with Gasteiger partial charge in [-0.2, -0.15) is 11.8 Å². The fourth-order valence-corrected chi connectivity index (χ4v) is 4.59. The molecule has 33 heavy (non-hydrogen) atoms. The fraction of sp³-hybridized carbons (Fsp3) is 0.0667. The molecule has 4 aromatic rings. The monoisotopic (exact) mass is 454 g/mol. The van der Waals surface area contributed by atoms with Crippen LogP contribution in [0, 0.1) is 11.6 Å². The summed E-state index contributed by atoms with van der Waals surface area (Å²) >= 11 is 1.73. The van der Waals surface area contributed by atoms with Gasteiger partial charge in [-0.25, -0.2) is 8.78 Å². The summed E-state index contributed by atoms with van der Waals surface area (Å²) in [5.74, 6) is 0.917. The molecule has 0 amide bonds. The van der Waals surface area contributed by atoms with Crippen molar-refractivity contribution in [3.63, 3.8) is 0 Å². The number of benzene rings is 4. The Morgan fingerprint density at radius 3 is 1.27 bits per heavy atom. The smallest absolute Gasteiger partial charge is 0.130 e. The van der Waals surface area contributed by atoms with Gasteiger partial charge in [-0.1, -0.05) is 97.1 Å². The molecule has 0 N–H and O–H groups in total. The van der Waals surface area contributed by atoms with E-state index in [0.717, 1.165) is 22.3 Å². The number of rotatable bonds is 8. The van der Waals surface area contributed by atoms with Gasteiger partial charge in [-0.05, 0) is 46.6 Å². The second-order valence-electron chi connectivity index (χ2n) is 7.61. The Hall–Kier alpha value is -3.43. The predicted molar refractivity (Wildman–Crippen MR) is 139 cm³/mol. The molecule has 0 saturated carbocycles. The van der Waals surface area contributed by atoms with Gasteiger partial charge in [0.2, 0.25) is 0 Å². The molecule has 0 atom stereocenters. The van der Waals surface area contributed by atoms with Gasteiger partial charge in [-0.3, -0.25) is 0 Å². The summed E-state index contributed by atoms with van der Waals surface area (Å²) in [5, 5.41) is 0. The lowest BCUT2D eigenvalue weighted by Gasteiger charge is -2.12. The third kappa shape index (κ3) is 6.30. The number of thioether (sulfide) groups is 1. The average molecular weight is 455 g/mol. The van der Waals surface area contributed by atoms with Crippen LogP contribution in [0.2, 0.25) is 0 Å². The molecule has 0 fully saturated rings. The zero-order valence-corrected chi connectivity index (χ0v) is 18.9. The molecule has 0 aliphatic heterocycles. The minimum Gasteiger partial charge on any atom is -0.206 e. The van der Waals surface area contributed by atoms with E-state index in [9.17, 15) is 8.78 Å². The fourth-order valence-electron chi connectivity index (χ4n) is 3.55. The van der Waals surface area contributed by atoms with Crippen LogP contribution in [-0.4, -0.2) is 11.5 Å². The van der Waals surface area contributed by atoms with Crippen LogP contribution in [0.4, 0.5) is 8.78 Å². The number of hydrogen-bond donors (Lipinski definition) is 0. The van der Waals surface area contributed by atoms with E-state index in [2.05, 4.69) is 0 Å². The summed E-state index contributed by atoms with van der Waals surface area (Å²) in [6.07, 6.45) is 3.83. The molecule has 4 aromatic carbocycles. The van der Waals surface area contributed by atoms with Crippen LogP contribution >= 0.6 is 11.8 Å². The third-order valence-corrected chi connectivity index (χ3v) is 6.30. The number of halogens is 2. The first-order valence-corrected chi connectivity index (χ1v) is 11.9. The Kier molecular flexibility index (Phi) is 7.89. The molecule has 0 unspecified atom stereocenters. The topological polar surface area (TPSA) is 0 Å². The standard InChI is InChI=1S/C30H24F2S/c31-29-17-9-7-15-25(29)19-27(23-11-3-1-4-12-23)21-33-22-28(24-13-5-2-6-14-24)20-26-16-8-10-18-30(26)32/h1-20H,21-22H2. The van der Waals surface area contributed by atoms with Crippen molar-refractivity contribution >= 4 is 35.1 Å². The summed E-state index contributed by atoms with van der Waals surface area (Å²) < 4.78 is 28.6. The molecule has 0 radical (unpaired) electrons. The molecule has 0 bridgehead atoms. The summed E-state index contributed by atoms with van der Waals surface area (Å²) in [4.78, 5) is 0. The largest absolute Gasteiger partial charge is 0.206 e. The maximum atomic E-state index is 14.3. The van der Waals surface area contributed by atoms with Gasteiger partial charge in [0.15, 0.2) is 0 Å². The normalized spacial score (nSPS) is 12.1. The van der Waals surface area contributed by atoms with Gasteiger partial charge >= 0.3 is 0 Å². The van der Waals surface area contributed by atoms with E-state index in [1.807, 2.05) is 84.9 Å². The van der Waals surface area contributed by atoms with Crippen LogP contribution in [0.5, 0.6) is 0 Å². The van der Waals surface area contributed by atoms with Gasteiger partial charge in [0.25, 0.3) is 0 Å². The molecule has 0 aliphatic rings. The molecule has 0 nitrogen and oxygen atoms in total. The zero-order chi connectivity index (χ0) is 22.9. The van der Waals surface area contributed by atoms with E-state index < -0.39 is 0 Å². The molecule has 0 spiro atoms. The third-order valence-electron chi connectivity index (χ3n) is 5.27. The van der Waals surface area contributed by atoms with Crippen LogP contribution in [0.1, 0.15) is 22.3 Å². The van der Waals surface area contributed by atoms with E-state index in [1.54, 1.807) is 36.0 Å². The predicted octanol–water partition coefficient (Wildman–Crippen LogP) is 8.48. The van der Waals surface area contributed by atoms with Crippen molar-refractivity contribution < 1.29 is 8.78 Å². The van der Waals surface area contributed by atoms with Crippen molar-refractivity contribution in [3.8, 4) is 0 Å². The van der Waals surface area contributed by atoms with Crippen molar-refractivity contribution in [3.05, 3.63) is 143 Å². The SMILES string of the molecule is Fc1ccccc1C=C(CSCC(=Cc1ccccc1F)c1ccccc1)c1ccccc1. The van der Waals surface area contributed by atoms with E-state index in [-0.39, 0.29) is 11.6 Å². The summed E-state index contributed by atoms with van der Waals surface area (Å²) in [6, 6.07) is 33.7. The molecule has 0 heterocycles. The van der Waals surface area contributed by atoms with Crippen LogP contribution in [-0.2, 0) is 0 Å². The molecule has 164 valence electrons. The Morgan fingerprint density at radius 1 is 0.515 bits per heavy atom. The molecule has 0 aromatic heterocycles. The summed E-state index contributed by atoms with van der Waals surface area (Å²) in [7, 11) is 0. The van der Waals surface area contributed by atoms with Crippen molar-refractivity contribution in [1.29, 1.82) is 0 Å². The summed E-state index contributed by atoms with van der Waals surface area (Å²) in [5.41, 5.74) is 5.36. The van der Waals surface area contributed by atoms with E-state index >= 15 is 0 Å². The maximum Gasteiger partial charge on any atom is 0.130 e. The Morgan fingerprint density at radius 2 is 0.879 bits per heavy atom. The lowest BCUT2D eigenvalue weighted by atomic mass is 10.0. The minimum absolute atomic E-state index is 0.236. The average Bonchev–Trinajstić information content (AvgIpc) is 2.86. The first-order chi connectivity index (χ1) is 16.2. The highest BCUT2D eigenvalue weighted by Gasteiger charge is 2.09. The van der Waals surface area contributed by atoms with Crippen molar-refractivity contribution in [2.45, 2.75) is 0 Å². The lowest BCUT2D eigenvalue weighted by molar-refractivity contribution is 0.625. The van der Waals surface area contributed by atoms with E-state index in [4.69, 9.17) is 0 Å². The minimum atomic E-state index is -0.236. The first-order valence-electron chi connectivity index (χ1n) is 10.8. The summed E-state index contributed by atoms with van der Waals surface area (Å²) in [6.45, 7) is 0. The Labute approximate surface area is 198 Å². The quantitative estimate of drug-likeness (QED) is 0.241. The molecule has 3 heteroatoms. The van der Waals surface area contributed by atoms with E-state index in [1.165, 1.54) is 12.1 Å². The second-order valence-corrected chi connectivity index (χ2v) is 8.59. The highest BCUT2D eigenvalue weighted by atomic mass is 32.2. The zero-order valence-electron chi connectivity index (χ0n) is 18.1. The Bertz CT molecular complexity index is 1150. The van der Waals surface area contributed by atoms with Crippen LogP contribution in [0.15, 0.2) is 109 Å². The van der Waals surface area contributed by atoms with Gasteiger partial charge in [-0.15, -0.1) is 0 Å². The molecule has 4 rings (SSSR count). The van der Waals surface area contributed by atoms with Gasteiger partial charge < -0.3 is 0 Å². The highest BCUT2D eigenvalue weighted by molar-refractivity contribution is 8.00. The first kappa shape index (κ1) is 22.8. The number of hydrogen-bond acceptors (Lipinski definition) is 1. The van der Waals surface area contributed by atoms with Crippen molar-refractivity contribution in [2.24, 2.45) is 0 Å². The lowest BCUT2D eigenvalue weighted by Crippen LogP contribution is -1.94. The highest BCUT2D eigenvalue weighted by Crippen LogP contribution is 2.28. The maximum absolute atomic E-state index is 14.3.